The van der Waals surface area contributed by atoms with Gasteiger partial charge in [-0.3, -0.25) is 0 Å². The molecule has 0 aliphatic heterocycles. The summed E-state index contributed by atoms with van der Waals surface area (Å²) < 4.78 is 0. The molecule has 68 valence electrons. The number of rotatable bonds is 3. The van der Waals surface area contributed by atoms with Gasteiger partial charge in [0, 0.05) is 6.04 Å². The summed E-state index contributed by atoms with van der Waals surface area (Å²) in [5, 5.41) is 12.4. The maximum atomic E-state index is 9.10. The van der Waals surface area contributed by atoms with Crippen LogP contribution in [0.3, 0.4) is 0 Å². The van der Waals surface area contributed by atoms with Crippen LogP contribution in [0.5, 0.6) is 0 Å². The molecular weight excluding hydrogens is 148 g/mol. The number of nitriles is 1. The molecule has 0 saturated heterocycles. The SMILES string of the molecule is CNC(C(C)C)C1(C#N)CCC1. The summed E-state index contributed by atoms with van der Waals surface area (Å²) in [6.07, 6.45) is 3.37. The molecule has 0 bridgehead atoms. The molecule has 2 heteroatoms. The van der Waals surface area contributed by atoms with Crippen molar-refractivity contribution in [2.45, 2.75) is 39.2 Å². The van der Waals surface area contributed by atoms with Gasteiger partial charge in [0.25, 0.3) is 0 Å². The van der Waals surface area contributed by atoms with E-state index in [1.807, 2.05) is 7.05 Å². The second-order valence-corrected chi connectivity index (χ2v) is 4.13. The molecule has 1 saturated carbocycles. The standard InChI is InChI=1S/C10H18N2/c1-8(2)9(12-3)10(7-11)5-4-6-10/h8-9,12H,4-6H2,1-3H3. The summed E-state index contributed by atoms with van der Waals surface area (Å²) in [5.74, 6) is 0.551. The Bertz CT molecular complexity index is 187. The lowest BCUT2D eigenvalue weighted by Gasteiger charge is -2.43. The predicted octanol–water partition coefficient (Wildman–Crippen LogP) is 1.92. The van der Waals surface area contributed by atoms with Gasteiger partial charge in [0.15, 0.2) is 0 Å². The molecule has 0 radical (unpaired) electrons. The molecule has 0 spiro atoms. The summed E-state index contributed by atoms with van der Waals surface area (Å²) in [7, 11) is 1.96. The van der Waals surface area contributed by atoms with E-state index < -0.39 is 0 Å². The zero-order valence-corrected chi connectivity index (χ0v) is 8.22. The Labute approximate surface area is 75.0 Å². The third kappa shape index (κ3) is 1.34. The lowest BCUT2D eigenvalue weighted by atomic mass is 9.62. The van der Waals surface area contributed by atoms with Crippen LogP contribution in [0.4, 0.5) is 0 Å². The van der Waals surface area contributed by atoms with Gasteiger partial charge in [-0.2, -0.15) is 5.26 Å². The van der Waals surface area contributed by atoms with Crippen LogP contribution in [0.2, 0.25) is 0 Å². The molecule has 2 nitrogen and oxygen atoms in total. The van der Waals surface area contributed by atoms with E-state index in [0.717, 1.165) is 12.8 Å². The maximum Gasteiger partial charge on any atom is 0.0729 e. The van der Waals surface area contributed by atoms with Crippen molar-refractivity contribution >= 4 is 0 Å². The third-order valence-electron chi connectivity index (χ3n) is 3.04. The van der Waals surface area contributed by atoms with Gasteiger partial charge in [-0.25, -0.2) is 0 Å². The summed E-state index contributed by atoms with van der Waals surface area (Å²) >= 11 is 0. The monoisotopic (exact) mass is 166 g/mol. The Hall–Kier alpha value is -0.550. The van der Waals surface area contributed by atoms with Crippen molar-refractivity contribution in [1.29, 1.82) is 5.26 Å². The van der Waals surface area contributed by atoms with Gasteiger partial charge >= 0.3 is 0 Å². The number of hydrogen-bond donors (Lipinski definition) is 1. The van der Waals surface area contributed by atoms with Crippen LogP contribution in [0.15, 0.2) is 0 Å². The minimum atomic E-state index is -0.0527. The Morgan fingerprint density at radius 3 is 2.08 bits per heavy atom. The van der Waals surface area contributed by atoms with Crippen LogP contribution in [0.25, 0.3) is 0 Å². The van der Waals surface area contributed by atoms with Crippen LogP contribution >= 0.6 is 0 Å². The van der Waals surface area contributed by atoms with Crippen LogP contribution in [-0.2, 0) is 0 Å². The molecule has 0 amide bonds. The van der Waals surface area contributed by atoms with Crippen molar-refractivity contribution in [3.05, 3.63) is 0 Å². The average Bonchev–Trinajstić information content (AvgIpc) is 1.95. The molecule has 1 atom stereocenters. The third-order valence-corrected chi connectivity index (χ3v) is 3.04. The fraction of sp³-hybridized carbons (Fsp3) is 0.900. The van der Waals surface area contributed by atoms with Gasteiger partial charge in [0.05, 0.1) is 11.5 Å². The highest BCUT2D eigenvalue weighted by atomic mass is 14.9. The van der Waals surface area contributed by atoms with Crippen molar-refractivity contribution in [3.8, 4) is 6.07 Å². The summed E-state index contributed by atoms with van der Waals surface area (Å²) in [6, 6.07) is 2.86. The van der Waals surface area contributed by atoms with E-state index in [1.54, 1.807) is 0 Å². The van der Waals surface area contributed by atoms with E-state index in [-0.39, 0.29) is 5.41 Å². The minimum Gasteiger partial charge on any atom is -0.315 e. The molecule has 0 aromatic heterocycles. The smallest absolute Gasteiger partial charge is 0.0729 e. The highest BCUT2D eigenvalue weighted by Gasteiger charge is 2.44. The van der Waals surface area contributed by atoms with Crippen LogP contribution in [0.1, 0.15) is 33.1 Å². The van der Waals surface area contributed by atoms with E-state index in [0.29, 0.717) is 12.0 Å². The quantitative estimate of drug-likeness (QED) is 0.695. The van der Waals surface area contributed by atoms with Gasteiger partial charge in [-0.05, 0) is 25.8 Å². The molecular formula is C10H18N2. The van der Waals surface area contributed by atoms with Crippen LogP contribution in [-0.4, -0.2) is 13.1 Å². The maximum absolute atomic E-state index is 9.10. The number of nitrogens with one attached hydrogen (secondary N) is 1. The second kappa shape index (κ2) is 3.45. The lowest BCUT2D eigenvalue weighted by molar-refractivity contribution is 0.118. The van der Waals surface area contributed by atoms with Crippen molar-refractivity contribution < 1.29 is 0 Å². The first-order valence-electron chi connectivity index (χ1n) is 4.75. The fourth-order valence-corrected chi connectivity index (χ4v) is 2.30. The van der Waals surface area contributed by atoms with E-state index in [9.17, 15) is 0 Å². The van der Waals surface area contributed by atoms with Gasteiger partial charge in [0.2, 0.25) is 0 Å². The first-order chi connectivity index (χ1) is 5.66. The Morgan fingerprint density at radius 2 is 2.00 bits per heavy atom. The molecule has 0 heterocycles. The highest BCUT2D eigenvalue weighted by molar-refractivity contribution is 5.11. The molecule has 1 fully saturated rings. The lowest BCUT2D eigenvalue weighted by Crippen LogP contribution is -2.50. The van der Waals surface area contributed by atoms with Crippen molar-refractivity contribution in [3.63, 3.8) is 0 Å². The predicted molar refractivity (Wildman–Crippen MR) is 49.6 cm³/mol. The number of hydrogen-bond acceptors (Lipinski definition) is 2. The zero-order valence-electron chi connectivity index (χ0n) is 8.22. The first kappa shape index (κ1) is 9.54. The summed E-state index contributed by atoms with van der Waals surface area (Å²) in [4.78, 5) is 0. The Balaban J connectivity index is 2.70. The molecule has 0 aromatic carbocycles. The largest absolute Gasteiger partial charge is 0.315 e. The number of nitrogens with zero attached hydrogens (tertiary/aromatic N) is 1. The topological polar surface area (TPSA) is 35.8 Å². The Morgan fingerprint density at radius 1 is 1.42 bits per heavy atom. The Kier molecular flexibility index (Phi) is 2.74. The fourth-order valence-electron chi connectivity index (χ4n) is 2.30. The second-order valence-electron chi connectivity index (χ2n) is 4.13. The van der Waals surface area contributed by atoms with Crippen molar-refractivity contribution in [2.24, 2.45) is 11.3 Å². The van der Waals surface area contributed by atoms with Crippen LogP contribution < -0.4 is 5.32 Å². The molecule has 1 unspecified atom stereocenters. The molecule has 1 aliphatic carbocycles. The van der Waals surface area contributed by atoms with Gasteiger partial charge in [0.1, 0.15) is 0 Å². The van der Waals surface area contributed by atoms with Gasteiger partial charge in [-0.1, -0.05) is 20.3 Å². The van der Waals surface area contributed by atoms with Crippen LogP contribution in [0, 0.1) is 22.7 Å². The van der Waals surface area contributed by atoms with Crippen molar-refractivity contribution in [1.82, 2.24) is 5.32 Å². The molecule has 1 N–H and O–H groups in total. The summed E-state index contributed by atoms with van der Waals surface area (Å²) in [5.41, 5.74) is -0.0527. The van der Waals surface area contributed by atoms with E-state index in [4.69, 9.17) is 5.26 Å². The molecule has 1 aliphatic rings. The van der Waals surface area contributed by atoms with E-state index >= 15 is 0 Å². The molecule has 0 aromatic rings. The van der Waals surface area contributed by atoms with Crippen molar-refractivity contribution in [2.75, 3.05) is 7.05 Å². The molecule has 1 rings (SSSR count). The normalized spacial score (nSPS) is 22.9. The zero-order chi connectivity index (χ0) is 9.19. The van der Waals surface area contributed by atoms with Gasteiger partial charge < -0.3 is 5.32 Å². The minimum absolute atomic E-state index is 0.0527. The van der Waals surface area contributed by atoms with E-state index in [1.165, 1.54) is 6.42 Å². The summed E-state index contributed by atoms with van der Waals surface area (Å²) in [6.45, 7) is 4.36. The average molecular weight is 166 g/mol. The van der Waals surface area contributed by atoms with E-state index in [2.05, 4.69) is 25.2 Å². The first-order valence-corrected chi connectivity index (χ1v) is 4.75. The van der Waals surface area contributed by atoms with Gasteiger partial charge in [-0.15, -0.1) is 0 Å². The highest BCUT2D eigenvalue weighted by Crippen LogP contribution is 2.45. The molecule has 12 heavy (non-hydrogen) atoms.